The Morgan fingerprint density at radius 3 is 2.34 bits per heavy atom. The molecule has 0 spiro atoms. The molecule has 0 aliphatic carbocycles. The highest BCUT2D eigenvalue weighted by atomic mass is 16.5. The molecule has 6 heteroatoms. The number of benzene rings is 2. The Labute approximate surface area is 169 Å². The lowest BCUT2D eigenvalue weighted by Crippen LogP contribution is -2.33. The minimum atomic E-state index is -0.437. The van der Waals surface area contributed by atoms with Crippen LogP contribution in [0.4, 0.5) is 5.95 Å². The van der Waals surface area contributed by atoms with Gasteiger partial charge in [-0.15, -0.1) is 0 Å². The Morgan fingerprint density at radius 2 is 1.69 bits per heavy atom. The van der Waals surface area contributed by atoms with Gasteiger partial charge in [-0.05, 0) is 50.1 Å². The molecule has 6 nitrogen and oxygen atoms in total. The van der Waals surface area contributed by atoms with Crippen LogP contribution < -0.4 is 10.5 Å². The molecule has 3 aromatic rings. The monoisotopic (exact) mass is 391 g/mol. The van der Waals surface area contributed by atoms with E-state index in [0.717, 1.165) is 37.2 Å². The highest BCUT2D eigenvalue weighted by Crippen LogP contribution is 2.23. The number of nitrogens with zero attached hydrogens (tertiary/aromatic N) is 3. The van der Waals surface area contributed by atoms with E-state index < -0.39 is 5.97 Å². The van der Waals surface area contributed by atoms with Gasteiger partial charge in [-0.25, -0.2) is 14.3 Å². The molecule has 4 rings (SSSR count). The molecule has 0 unspecified atom stereocenters. The van der Waals surface area contributed by atoms with Gasteiger partial charge in [0.1, 0.15) is 0 Å². The molecule has 0 amide bonds. The van der Waals surface area contributed by atoms with Gasteiger partial charge in [-0.2, -0.15) is 0 Å². The third kappa shape index (κ3) is 3.75. The highest BCUT2D eigenvalue weighted by molar-refractivity contribution is 5.94. The van der Waals surface area contributed by atoms with Crippen molar-refractivity contribution in [1.29, 1.82) is 0 Å². The quantitative estimate of drug-likeness (QED) is 0.635. The summed E-state index contributed by atoms with van der Waals surface area (Å²) in [6.45, 7) is 3.75. The average molecular weight is 391 g/mol. The zero-order valence-electron chi connectivity index (χ0n) is 16.9. The van der Waals surface area contributed by atoms with E-state index in [4.69, 9.17) is 9.72 Å². The van der Waals surface area contributed by atoms with E-state index >= 15 is 0 Å². The number of carbonyl (C=O) groups is 1. The lowest BCUT2D eigenvalue weighted by Gasteiger charge is -2.25. The van der Waals surface area contributed by atoms with E-state index in [9.17, 15) is 9.59 Å². The summed E-state index contributed by atoms with van der Waals surface area (Å²) in [5.41, 5.74) is 2.71. The Morgan fingerprint density at radius 1 is 1.00 bits per heavy atom. The topological polar surface area (TPSA) is 64.4 Å². The van der Waals surface area contributed by atoms with Crippen molar-refractivity contribution in [1.82, 2.24) is 9.55 Å². The number of methoxy groups -OCH3 is 1. The number of aromatic nitrogens is 2. The molecule has 1 fully saturated rings. The molecule has 2 aromatic carbocycles. The molecule has 0 atom stereocenters. The molecule has 1 aliphatic heterocycles. The van der Waals surface area contributed by atoms with E-state index in [0.29, 0.717) is 22.4 Å². The highest BCUT2D eigenvalue weighted by Gasteiger charge is 2.20. The van der Waals surface area contributed by atoms with Gasteiger partial charge in [-0.1, -0.05) is 30.5 Å². The second-order valence-corrected chi connectivity index (χ2v) is 7.51. The van der Waals surface area contributed by atoms with E-state index in [1.807, 2.05) is 31.2 Å². The second-order valence-electron chi connectivity index (χ2n) is 7.51. The summed E-state index contributed by atoms with van der Waals surface area (Å²) in [5.74, 6) is 0.197. The van der Waals surface area contributed by atoms with Crippen LogP contribution in [-0.4, -0.2) is 35.7 Å². The van der Waals surface area contributed by atoms with Crippen molar-refractivity contribution in [3.05, 3.63) is 63.9 Å². The van der Waals surface area contributed by atoms with Crippen LogP contribution in [0.5, 0.6) is 0 Å². The van der Waals surface area contributed by atoms with Crippen LogP contribution in [0.15, 0.2) is 47.3 Å². The van der Waals surface area contributed by atoms with Crippen LogP contribution >= 0.6 is 0 Å². The van der Waals surface area contributed by atoms with Gasteiger partial charge in [0.25, 0.3) is 5.56 Å². The minimum Gasteiger partial charge on any atom is -0.465 e. The van der Waals surface area contributed by atoms with Crippen LogP contribution in [0, 0.1) is 6.92 Å². The number of esters is 1. The standard InChI is InChI=1S/C23H25N3O3/c1-16-7-10-18(11-8-16)26-21(27)19-12-9-17(22(28)29-2)15-20(19)24-23(26)25-13-5-3-4-6-14-25/h7-12,15H,3-6,13-14H2,1-2H3. The molecular weight excluding hydrogens is 366 g/mol. The molecule has 1 aliphatic rings. The molecule has 0 bridgehead atoms. The molecule has 29 heavy (non-hydrogen) atoms. The second kappa shape index (κ2) is 8.07. The maximum absolute atomic E-state index is 13.5. The van der Waals surface area contributed by atoms with Crippen LogP contribution in [0.3, 0.4) is 0 Å². The van der Waals surface area contributed by atoms with Gasteiger partial charge in [-0.3, -0.25) is 4.79 Å². The molecule has 2 heterocycles. The van der Waals surface area contributed by atoms with Crippen molar-refractivity contribution < 1.29 is 9.53 Å². The van der Waals surface area contributed by atoms with Crippen molar-refractivity contribution >= 4 is 22.8 Å². The Hall–Kier alpha value is -3.15. The summed E-state index contributed by atoms with van der Waals surface area (Å²) in [4.78, 5) is 32.5. The fraction of sp³-hybridized carbons (Fsp3) is 0.348. The Kier molecular flexibility index (Phi) is 5.34. The summed E-state index contributed by atoms with van der Waals surface area (Å²) in [6.07, 6.45) is 4.52. The van der Waals surface area contributed by atoms with Gasteiger partial charge in [0, 0.05) is 13.1 Å². The lowest BCUT2D eigenvalue weighted by atomic mass is 10.1. The zero-order valence-corrected chi connectivity index (χ0v) is 16.9. The molecule has 150 valence electrons. The summed E-state index contributed by atoms with van der Waals surface area (Å²) in [6, 6.07) is 12.8. The third-order valence-electron chi connectivity index (χ3n) is 5.45. The normalized spacial score (nSPS) is 14.6. The van der Waals surface area contributed by atoms with Crippen LogP contribution in [0.1, 0.15) is 41.6 Å². The van der Waals surface area contributed by atoms with E-state index in [-0.39, 0.29) is 5.56 Å². The summed E-state index contributed by atoms with van der Waals surface area (Å²) in [7, 11) is 1.35. The van der Waals surface area contributed by atoms with Crippen molar-refractivity contribution in [3.63, 3.8) is 0 Å². The minimum absolute atomic E-state index is 0.130. The number of hydrogen-bond acceptors (Lipinski definition) is 5. The fourth-order valence-electron chi connectivity index (χ4n) is 3.83. The fourth-order valence-corrected chi connectivity index (χ4v) is 3.83. The summed E-state index contributed by atoms with van der Waals surface area (Å²) >= 11 is 0. The van der Waals surface area contributed by atoms with E-state index in [2.05, 4.69) is 4.90 Å². The predicted molar refractivity (Wildman–Crippen MR) is 114 cm³/mol. The maximum Gasteiger partial charge on any atom is 0.337 e. The summed E-state index contributed by atoms with van der Waals surface area (Å²) < 4.78 is 6.52. The Balaban J connectivity index is 1.96. The van der Waals surface area contributed by atoms with Gasteiger partial charge in [0.05, 0.1) is 29.3 Å². The van der Waals surface area contributed by atoms with E-state index in [1.54, 1.807) is 22.8 Å². The number of carbonyl (C=O) groups excluding carboxylic acids is 1. The first-order valence-electron chi connectivity index (χ1n) is 10.1. The van der Waals surface area contributed by atoms with Crippen LogP contribution in [0.2, 0.25) is 0 Å². The number of ether oxygens (including phenoxy) is 1. The first-order valence-corrected chi connectivity index (χ1v) is 10.1. The van der Waals surface area contributed by atoms with Crippen molar-refractivity contribution in [2.24, 2.45) is 0 Å². The average Bonchev–Trinajstić information content (AvgIpc) is 3.03. The number of fused-ring (bicyclic) bond motifs is 1. The van der Waals surface area contributed by atoms with Crippen molar-refractivity contribution in [3.8, 4) is 5.69 Å². The predicted octanol–water partition coefficient (Wildman–Crippen LogP) is 3.86. The molecule has 0 radical (unpaired) electrons. The van der Waals surface area contributed by atoms with Crippen LogP contribution in [-0.2, 0) is 4.74 Å². The largest absolute Gasteiger partial charge is 0.465 e. The van der Waals surface area contributed by atoms with Gasteiger partial charge >= 0.3 is 5.97 Å². The van der Waals surface area contributed by atoms with E-state index in [1.165, 1.54) is 20.0 Å². The molecule has 0 saturated carbocycles. The van der Waals surface area contributed by atoms with Gasteiger partial charge in [0.2, 0.25) is 5.95 Å². The number of rotatable bonds is 3. The zero-order chi connectivity index (χ0) is 20.4. The van der Waals surface area contributed by atoms with Crippen molar-refractivity contribution in [2.45, 2.75) is 32.6 Å². The SMILES string of the molecule is COC(=O)c1ccc2c(=O)n(-c3ccc(C)cc3)c(N3CCCCCC3)nc2c1. The molecule has 1 aromatic heterocycles. The molecular formula is C23H25N3O3. The lowest BCUT2D eigenvalue weighted by molar-refractivity contribution is 0.0601. The Bertz CT molecular complexity index is 1090. The molecule has 0 N–H and O–H groups in total. The first kappa shape index (κ1) is 19.2. The van der Waals surface area contributed by atoms with Crippen molar-refractivity contribution in [2.75, 3.05) is 25.1 Å². The van der Waals surface area contributed by atoms with Crippen LogP contribution in [0.25, 0.3) is 16.6 Å². The van der Waals surface area contributed by atoms with Gasteiger partial charge < -0.3 is 9.64 Å². The summed E-state index contributed by atoms with van der Waals surface area (Å²) in [5, 5.41) is 0.483. The first-order chi connectivity index (χ1) is 14.1. The number of anilines is 1. The third-order valence-corrected chi connectivity index (χ3v) is 5.45. The number of hydrogen-bond donors (Lipinski definition) is 0. The van der Waals surface area contributed by atoms with Gasteiger partial charge in [0.15, 0.2) is 0 Å². The maximum atomic E-state index is 13.5. The molecule has 1 saturated heterocycles. The smallest absolute Gasteiger partial charge is 0.337 e. The number of aryl methyl sites for hydroxylation is 1.